The van der Waals surface area contributed by atoms with Crippen LogP contribution < -0.4 is 0 Å². The van der Waals surface area contributed by atoms with E-state index in [0.29, 0.717) is 5.92 Å². The summed E-state index contributed by atoms with van der Waals surface area (Å²) < 4.78 is 21.5. The first-order valence-corrected chi connectivity index (χ1v) is 12.1. The fourth-order valence-electron chi connectivity index (χ4n) is 5.63. The monoisotopic (exact) mass is 437 g/mol. The number of rotatable bonds is 3. The van der Waals surface area contributed by atoms with Crippen LogP contribution in [0.25, 0.3) is 44.0 Å². The summed E-state index contributed by atoms with van der Waals surface area (Å²) in [5.74, 6) is 0.564. The number of hydrogen-bond acceptors (Lipinski definition) is 2. The largest absolute Gasteiger partial charge is 0.455 e. The first-order valence-electron chi connectivity index (χ1n) is 12.1. The molecule has 2 aromatic heterocycles. The van der Waals surface area contributed by atoms with Crippen LogP contribution in [0.15, 0.2) is 65.2 Å². The molecule has 0 spiro atoms. The van der Waals surface area contributed by atoms with Crippen molar-refractivity contribution in [3.05, 3.63) is 77.7 Å². The Morgan fingerprint density at radius 3 is 2.52 bits per heavy atom. The van der Waals surface area contributed by atoms with E-state index in [2.05, 4.69) is 38.1 Å². The first kappa shape index (κ1) is 20.4. The Bertz CT molecular complexity index is 1490. The van der Waals surface area contributed by atoms with Crippen LogP contribution in [0.2, 0.25) is 0 Å². The number of aromatic nitrogens is 1. The summed E-state index contributed by atoms with van der Waals surface area (Å²) >= 11 is 0. The zero-order valence-electron chi connectivity index (χ0n) is 19.2. The third kappa shape index (κ3) is 3.33. The van der Waals surface area contributed by atoms with Gasteiger partial charge in [-0.05, 0) is 77.6 Å². The lowest BCUT2D eigenvalue weighted by Crippen LogP contribution is -2.07. The minimum absolute atomic E-state index is 0.0867. The zero-order valence-corrected chi connectivity index (χ0v) is 19.2. The highest BCUT2D eigenvalue weighted by Crippen LogP contribution is 2.43. The van der Waals surface area contributed by atoms with E-state index >= 15 is 4.39 Å². The highest BCUT2D eigenvalue weighted by Gasteiger charge is 2.24. The molecule has 1 saturated carbocycles. The van der Waals surface area contributed by atoms with Crippen molar-refractivity contribution in [1.29, 1.82) is 0 Å². The van der Waals surface area contributed by atoms with Crippen molar-refractivity contribution in [3.63, 3.8) is 0 Å². The van der Waals surface area contributed by atoms with Gasteiger partial charge < -0.3 is 4.42 Å². The molecule has 0 unspecified atom stereocenters. The number of hydrogen-bond donors (Lipinski definition) is 0. The highest BCUT2D eigenvalue weighted by molar-refractivity contribution is 6.12. The van der Waals surface area contributed by atoms with E-state index < -0.39 is 0 Å². The van der Waals surface area contributed by atoms with E-state index in [1.54, 1.807) is 6.07 Å². The van der Waals surface area contributed by atoms with Crippen molar-refractivity contribution in [2.45, 2.75) is 57.8 Å². The molecule has 0 radical (unpaired) electrons. The maximum absolute atomic E-state index is 15.2. The number of nitrogens with zero attached hydrogens (tertiary/aromatic N) is 1. The Kier molecular flexibility index (Phi) is 4.94. The molecule has 2 heterocycles. The molecule has 0 aliphatic heterocycles. The summed E-state index contributed by atoms with van der Waals surface area (Å²) in [6.45, 7) is 4.42. The van der Waals surface area contributed by atoms with Gasteiger partial charge in [-0.15, -0.1) is 0 Å². The molecule has 0 N–H and O–H groups in total. The number of furan rings is 1. The van der Waals surface area contributed by atoms with Crippen LogP contribution in [-0.4, -0.2) is 4.98 Å². The van der Waals surface area contributed by atoms with Crippen LogP contribution in [0, 0.1) is 5.82 Å². The number of para-hydroxylation sites is 1. The Hall–Kier alpha value is -3.20. The highest BCUT2D eigenvalue weighted by atomic mass is 19.1. The molecule has 2 nitrogen and oxygen atoms in total. The standard InChI is InChI=1S/C30H28FNO/c1-18(2)20-16-24-21-10-6-7-11-27(21)33-30(24)25(17-20)29-23-12-13-26(31)28(22(23)14-15-32-29)19-8-4-3-5-9-19/h6-7,10-19H,3-5,8-9H2,1-2H3. The normalized spacial score (nSPS) is 15.3. The van der Waals surface area contributed by atoms with Crippen molar-refractivity contribution in [2.24, 2.45) is 0 Å². The Morgan fingerprint density at radius 1 is 0.879 bits per heavy atom. The Balaban J connectivity index is 1.66. The van der Waals surface area contributed by atoms with Gasteiger partial charge >= 0.3 is 0 Å². The van der Waals surface area contributed by atoms with Gasteiger partial charge in [0.15, 0.2) is 0 Å². The molecule has 0 atom stereocenters. The van der Waals surface area contributed by atoms with E-state index in [0.717, 1.165) is 62.4 Å². The third-order valence-corrected chi connectivity index (χ3v) is 7.37. The molecule has 33 heavy (non-hydrogen) atoms. The predicted molar refractivity (Wildman–Crippen MR) is 134 cm³/mol. The molecule has 166 valence electrons. The minimum atomic E-state index is -0.0867. The molecular weight excluding hydrogens is 409 g/mol. The third-order valence-electron chi connectivity index (χ3n) is 7.37. The van der Waals surface area contributed by atoms with Crippen LogP contribution in [0.3, 0.4) is 0 Å². The summed E-state index contributed by atoms with van der Waals surface area (Å²) in [5, 5.41) is 4.22. The molecule has 0 amide bonds. The van der Waals surface area contributed by atoms with Gasteiger partial charge in [0.05, 0.1) is 5.69 Å². The molecule has 0 saturated heterocycles. The SMILES string of the molecule is CC(C)c1cc(-c2nccc3c(C4CCCCC4)c(F)ccc23)c2oc3ccccc3c2c1. The molecule has 1 aliphatic rings. The van der Waals surface area contributed by atoms with Crippen molar-refractivity contribution in [2.75, 3.05) is 0 Å². The van der Waals surface area contributed by atoms with Gasteiger partial charge in [0, 0.05) is 27.9 Å². The van der Waals surface area contributed by atoms with Crippen LogP contribution in [0.1, 0.15) is 68.9 Å². The summed E-state index contributed by atoms with van der Waals surface area (Å²) in [7, 11) is 0. The molecular formula is C30H28FNO. The Morgan fingerprint density at radius 2 is 1.70 bits per heavy atom. The average molecular weight is 438 g/mol. The molecule has 5 aromatic rings. The molecule has 0 bridgehead atoms. The number of benzene rings is 3. The fourth-order valence-corrected chi connectivity index (χ4v) is 5.63. The van der Waals surface area contributed by atoms with Crippen LogP contribution in [0.5, 0.6) is 0 Å². The topological polar surface area (TPSA) is 26.0 Å². The van der Waals surface area contributed by atoms with Gasteiger partial charge in [0.25, 0.3) is 0 Å². The molecule has 3 heteroatoms. The number of pyridine rings is 1. The van der Waals surface area contributed by atoms with Crippen LogP contribution >= 0.6 is 0 Å². The summed E-state index contributed by atoms with van der Waals surface area (Å²) in [5.41, 5.74) is 5.71. The van der Waals surface area contributed by atoms with Crippen molar-refractivity contribution in [3.8, 4) is 11.3 Å². The van der Waals surface area contributed by atoms with Crippen molar-refractivity contribution >= 4 is 32.7 Å². The molecule has 1 fully saturated rings. The minimum Gasteiger partial charge on any atom is -0.455 e. The van der Waals surface area contributed by atoms with Gasteiger partial charge in [0.1, 0.15) is 17.0 Å². The lowest BCUT2D eigenvalue weighted by Gasteiger charge is -2.24. The molecule has 6 rings (SSSR count). The van der Waals surface area contributed by atoms with E-state index in [4.69, 9.17) is 9.40 Å². The van der Waals surface area contributed by atoms with Crippen LogP contribution in [0.4, 0.5) is 4.39 Å². The average Bonchev–Trinajstić information content (AvgIpc) is 3.22. The quantitative estimate of drug-likeness (QED) is 0.281. The lowest BCUT2D eigenvalue weighted by atomic mass is 9.81. The fraction of sp³-hybridized carbons (Fsp3) is 0.300. The molecule has 1 aliphatic carbocycles. The number of fused-ring (bicyclic) bond motifs is 4. The smallest absolute Gasteiger partial charge is 0.144 e. The van der Waals surface area contributed by atoms with E-state index in [-0.39, 0.29) is 11.7 Å². The lowest BCUT2D eigenvalue weighted by molar-refractivity contribution is 0.432. The van der Waals surface area contributed by atoms with Crippen molar-refractivity contribution in [1.82, 2.24) is 4.98 Å². The first-order chi connectivity index (χ1) is 16.1. The Labute approximate surface area is 193 Å². The second kappa shape index (κ2) is 7.98. The second-order valence-electron chi connectivity index (χ2n) is 9.75. The van der Waals surface area contributed by atoms with Crippen molar-refractivity contribution < 1.29 is 8.81 Å². The summed E-state index contributed by atoms with van der Waals surface area (Å²) in [4.78, 5) is 4.83. The predicted octanol–water partition coefficient (Wildman–Crippen LogP) is 9.11. The maximum atomic E-state index is 15.2. The van der Waals surface area contributed by atoms with E-state index in [9.17, 15) is 0 Å². The second-order valence-corrected chi connectivity index (χ2v) is 9.75. The van der Waals surface area contributed by atoms with Gasteiger partial charge in [0.2, 0.25) is 0 Å². The van der Waals surface area contributed by atoms with E-state index in [1.165, 1.54) is 24.8 Å². The zero-order chi connectivity index (χ0) is 22.5. The van der Waals surface area contributed by atoms with Gasteiger partial charge in [-0.2, -0.15) is 0 Å². The van der Waals surface area contributed by atoms with E-state index in [1.807, 2.05) is 30.5 Å². The van der Waals surface area contributed by atoms with Gasteiger partial charge in [-0.3, -0.25) is 4.98 Å². The summed E-state index contributed by atoms with van der Waals surface area (Å²) in [6.07, 6.45) is 7.55. The van der Waals surface area contributed by atoms with Gasteiger partial charge in [-0.25, -0.2) is 4.39 Å². The summed E-state index contributed by atoms with van der Waals surface area (Å²) in [6, 6.07) is 18.2. The number of halogens is 1. The van der Waals surface area contributed by atoms with Gasteiger partial charge in [-0.1, -0.05) is 51.3 Å². The molecule has 3 aromatic carbocycles. The van der Waals surface area contributed by atoms with Crippen LogP contribution in [-0.2, 0) is 0 Å². The maximum Gasteiger partial charge on any atom is 0.144 e.